The second kappa shape index (κ2) is 9.78. The minimum Gasteiger partial charge on any atom is -0.472 e. The summed E-state index contributed by atoms with van der Waals surface area (Å²) in [6, 6.07) is 9.35. The first-order valence-electron chi connectivity index (χ1n) is 11.3. The quantitative estimate of drug-likeness (QED) is 0.285. The summed E-state index contributed by atoms with van der Waals surface area (Å²) in [6.45, 7) is 5.14. The van der Waals surface area contributed by atoms with Gasteiger partial charge in [-0.3, -0.25) is 4.79 Å². The van der Waals surface area contributed by atoms with Gasteiger partial charge in [0.2, 0.25) is 0 Å². The van der Waals surface area contributed by atoms with Crippen molar-refractivity contribution < 1.29 is 18.7 Å². The van der Waals surface area contributed by atoms with E-state index in [1.165, 1.54) is 31.4 Å². The number of nitrogens with zero attached hydrogens (tertiary/aromatic N) is 4. The van der Waals surface area contributed by atoms with Crippen LogP contribution in [0.25, 0.3) is 22.1 Å². The van der Waals surface area contributed by atoms with Crippen LogP contribution >= 0.6 is 11.7 Å². The molecule has 1 amide bonds. The predicted octanol–water partition coefficient (Wildman–Crippen LogP) is 4.94. The SMILES string of the molecule is COC(=O)c1c(NC(=O)c2ccoc2)c2cc(NCc3ccc4nsnc4c3)cnc2n1CC(C)C. The number of pyridine rings is 1. The highest BCUT2D eigenvalue weighted by Gasteiger charge is 2.27. The van der Waals surface area contributed by atoms with E-state index in [1.807, 2.05) is 38.1 Å². The standard InChI is InChI=1S/C25H24N6O4S/c1-14(2)12-31-22(25(33)34-3)21(28-24(32)16-6-7-35-13-16)18-9-17(11-27-23(18)31)26-10-15-4-5-19-20(8-15)30-36-29-19/h4-9,11,13-14,26H,10,12H2,1-3H3,(H,28,32). The third kappa shape index (κ3) is 4.52. The van der Waals surface area contributed by atoms with Gasteiger partial charge in [0.05, 0.1) is 48.2 Å². The Bertz CT molecular complexity index is 1550. The maximum Gasteiger partial charge on any atom is 0.356 e. The van der Waals surface area contributed by atoms with Crippen molar-refractivity contribution in [2.75, 3.05) is 17.7 Å². The highest BCUT2D eigenvalue weighted by Crippen LogP contribution is 2.34. The minimum atomic E-state index is -0.559. The molecule has 0 bridgehead atoms. The van der Waals surface area contributed by atoms with E-state index in [4.69, 9.17) is 9.15 Å². The van der Waals surface area contributed by atoms with Gasteiger partial charge in [-0.1, -0.05) is 19.9 Å². The molecule has 0 aliphatic rings. The maximum absolute atomic E-state index is 12.9. The van der Waals surface area contributed by atoms with Crippen LogP contribution in [0, 0.1) is 5.92 Å². The molecule has 0 unspecified atom stereocenters. The molecule has 5 aromatic rings. The van der Waals surface area contributed by atoms with Crippen LogP contribution in [0.2, 0.25) is 0 Å². The van der Waals surface area contributed by atoms with Gasteiger partial charge in [-0.25, -0.2) is 9.78 Å². The lowest BCUT2D eigenvalue weighted by Crippen LogP contribution is -2.18. The van der Waals surface area contributed by atoms with Crippen LogP contribution < -0.4 is 10.6 Å². The number of fused-ring (bicyclic) bond motifs is 2. The highest BCUT2D eigenvalue weighted by atomic mass is 32.1. The number of methoxy groups -OCH3 is 1. The van der Waals surface area contributed by atoms with Crippen molar-refractivity contribution in [2.45, 2.75) is 26.9 Å². The zero-order valence-corrected chi connectivity index (χ0v) is 20.8. The van der Waals surface area contributed by atoms with E-state index in [1.54, 1.807) is 16.8 Å². The summed E-state index contributed by atoms with van der Waals surface area (Å²) < 4.78 is 20.5. The number of ether oxygens (including phenoxy) is 1. The fraction of sp³-hybridized carbons (Fsp3) is 0.240. The third-order valence-electron chi connectivity index (χ3n) is 5.66. The van der Waals surface area contributed by atoms with Crippen LogP contribution in [-0.2, 0) is 17.8 Å². The van der Waals surface area contributed by atoms with Crippen LogP contribution in [0.3, 0.4) is 0 Å². The second-order valence-electron chi connectivity index (χ2n) is 8.72. The number of anilines is 2. The average Bonchev–Trinajstić information content (AvgIpc) is 3.62. The minimum absolute atomic E-state index is 0.219. The summed E-state index contributed by atoms with van der Waals surface area (Å²) >= 11 is 1.18. The molecule has 4 aromatic heterocycles. The number of aromatic nitrogens is 4. The van der Waals surface area contributed by atoms with Crippen LogP contribution in [0.15, 0.2) is 53.5 Å². The Labute approximate surface area is 210 Å². The molecule has 0 saturated heterocycles. The molecule has 0 aliphatic heterocycles. The van der Waals surface area contributed by atoms with Crippen molar-refractivity contribution in [1.82, 2.24) is 18.3 Å². The topological polar surface area (TPSA) is 124 Å². The Kier molecular flexibility index (Phi) is 6.38. The van der Waals surface area contributed by atoms with Crippen molar-refractivity contribution in [3.63, 3.8) is 0 Å². The van der Waals surface area contributed by atoms with Gasteiger partial charge in [-0.2, -0.15) is 8.75 Å². The average molecular weight is 505 g/mol. The first kappa shape index (κ1) is 23.5. The van der Waals surface area contributed by atoms with Crippen molar-refractivity contribution >= 4 is 57.0 Å². The normalized spacial score (nSPS) is 11.3. The summed E-state index contributed by atoms with van der Waals surface area (Å²) in [7, 11) is 1.32. The van der Waals surface area contributed by atoms with Crippen LogP contribution in [0.4, 0.5) is 11.4 Å². The first-order valence-corrected chi connectivity index (χ1v) is 12.1. The van der Waals surface area contributed by atoms with Crippen molar-refractivity contribution in [1.29, 1.82) is 0 Å². The van der Waals surface area contributed by atoms with Gasteiger partial charge in [0.1, 0.15) is 22.9 Å². The van der Waals surface area contributed by atoms with Gasteiger partial charge >= 0.3 is 5.97 Å². The lowest BCUT2D eigenvalue weighted by molar-refractivity contribution is 0.0589. The fourth-order valence-corrected chi connectivity index (χ4v) is 4.54. The molecule has 0 aliphatic carbocycles. The zero-order chi connectivity index (χ0) is 25.2. The van der Waals surface area contributed by atoms with E-state index in [9.17, 15) is 9.59 Å². The Morgan fingerprint density at radius 1 is 1.17 bits per heavy atom. The zero-order valence-electron chi connectivity index (χ0n) is 19.9. The highest BCUT2D eigenvalue weighted by molar-refractivity contribution is 7.00. The number of hydrogen-bond acceptors (Lipinski definition) is 9. The third-order valence-corrected chi connectivity index (χ3v) is 6.22. The maximum atomic E-state index is 12.9. The molecule has 0 atom stereocenters. The van der Waals surface area contributed by atoms with E-state index in [0.29, 0.717) is 35.4 Å². The molecule has 1 aromatic carbocycles. The lowest BCUT2D eigenvalue weighted by atomic mass is 10.2. The van der Waals surface area contributed by atoms with E-state index >= 15 is 0 Å². The summed E-state index contributed by atoms with van der Waals surface area (Å²) in [5.41, 5.74) is 4.99. The number of rotatable bonds is 8. The molecule has 4 heterocycles. The smallest absolute Gasteiger partial charge is 0.356 e. The van der Waals surface area contributed by atoms with Crippen molar-refractivity contribution in [2.24, 2.45) is 5.92 Å². The van der Waals surface area contributed by atoms with E-state index in [0.717, 1.165) is 22.3 Å². The Morgan fingerprint density at radius 2 is 2.00 bits per heavy atom. The van der Waals surface area contributed by atoms with Crippen molar-refractivity contribution in [3.05, 3.63) is 65.9 Å². The Balaban J connectivity index is 1.55. The molecule has 0 fully saturated rings. The van der Waals surface area contributed by atoms with Crippen LogP contribution in [0.1, 0.15) is 40.3 Å². The molecule has 0 spiro atoms. The number of benzene rings is 1. The van der Waals surface area contributed by atoms with Crippen molar-refractivity contribution in [3.8, 4) is 0 Å². The molecule has 184 valence electrons. The van der Waals surface area contributed by atoms with Crippen LogP contribution in [-0.4, -0.2) is 37.3 Å². The van der Waals surface area contributed by atoms with Gasteiger partial charge < -0.3 is 24.4 Å². The first-order chi connectivity index (χ1) is 17.4. The molecule has 36 heavy (non-hydrogen) atoms. The molecular weight excluding hydrogens is 480 g/mol. The molecule has 0 saturated carbocycles. The lowest BCUT2D eigenvalue weighted by Gasteiger charge is -2.12. The Hall–Kier alpha value is -4.25. The molecular formula is C25H24N6O4S. The van der Waals surface area contributed by atoms with Gasteiger partial charge in [-0.15, -0.1) is 0 Å². The molecule has 0 radical (unpaired) electrons. The summed E-state index contributed by atoms with van der Waals surface area (Å²) in [4.78, 5) is 30.5. The number of hydrogen-bond donors (Lipinski definition) is 2. The molecule has 5 rings (SSSR count). The largest absolute Gasteiger partial charge is 0.472 e. The number of furan rings is 1. The van der Waals surface area contributed by atoms with E-state index in [-0.39, 0.29) is 11.6 Å². The summed E-state index contributed by atoms with van der Waals surface area (Å²) in [5, 5.41) is 6.87. The van der Waals surface area contributed by atoms with E-state index < -0.39 is 11.9 Å². The van der Waals surface area contributed by atoms with Gasteiger partial charge in [0.25, 0.3) is 5.91 Å². The van der Waals surface area contributed by atoms with Gasteiger partial charge in [-0.05, 0) is 35.7 Å². The number of nitrogens with one attached hydrogen (secondary N) is 2. The number of amides is 1. The Morgan fingerprint density at radius 3 is 2.75 bits per heavy atom. The number of carbonyl (C=O) groups excluding carboxylic acids is 2. The predicted molar refractivity (Wildman–Crippen MR) is 137 cm³/mol. The van der Waals surface area contributed by atoms with Gasteiger partial charge in [0, 0.05) is 18.5 Å². The number of carbonyl (C=O) groups is 2. The molecule has 10 nitrogen and oxygen atoms in total. The van der Waals surface area contributed by atoms with Gasteiger partial charge in [0.15, 0.2) is 5.69 Å². The monoisotopic (exact) mass is 504 g/mol. The molecule has 11 heteroatoms. The second-order valence-corrected chi connectivity index (χ2v) is 9.25. The van der Waals surface area contributed by atoms with Crippen LogP contribution in [0.5, 0.6) is 0 Å². The number of esters is 1. The summed E-state index contributed by atoms with van der Waals surface area (Å²) in [6.07, 6.45) is 4.48. The fourth-order valence-electron chi connectivity index (χ4n) is 4.02. The summed E-state index contributed by atoms with van der Waals surface area (Å²) in [5.74, 6) is -0.743. The molecule has 2 N–H and O–H groups in total. The van der Waals surface area contributed by atoms with E-state index in [2.05, 4.69) is 24.4 Å².